The van der Waals surface area contributed by atoms with Crippen molar-refractivity contribution in [3.63, 3.8) is 0 Å². The van der Waals surface area contributed by atoms with Crippen LogP contribution in [0.15, 0.2) is 83.0 Å². The van der Waals surface area contributed by atoms with Gasteiger partial charge in [0, 0.05) is 60.8 Å². The number of hydrogen-bond donors (Lipinski definition) is 0. The van der Waals surface area contributed by atoms with Crippen LogP contribution in [0.1, 0.15) is 33.4 Å². The Morgan fingerprint density at radius 3 is 1.41 bits per heavy atom. The number of benzene rings is 2. The zero-order valence-electron chi connectivity index (χ0n) is 25.4. The number of rotatable bonds is 4. The lowest BCUT2D eigenvalue weighted by Gasteiger charge is -2.28. The Morgan fingerprint density at radius 1 is 0.565 bits per heavy atom. The summed E-state index contributed by atoms with van der Waals surface area (Å²) in [7, 11) is 0. The van der Waals surface area contributed by atoms with Crippen molar-refractivity contribution in [1.29, 1.82) is 0 Å². The van der Waals surface area contributed by atoms with E-state index in [1.54, 1.807) is 0 Å². The van der Waals surface area contributed by atoms with E-state index in [2.05, 4.69) is 51.6 Å². The second kappa shape index (κ2) is 13.3. The summed E-state index contributed by atoms with van der Waals surface area (Å²) in [6, 6.07) is 19.8. The maximum atomic E-state index is 7.13. The molecule has 2 saturated heterocycles. The van der Waals surface area contributed by atoms with Crippen LogP contribution in [0.25, 0.3) is 9.69 Å². The van der Waals surface area contributed by atoms with Gasteiger partial charge in [0.05, 0.1) is 64.1 Å². The van der Waals surface area contributed by atoms with Gasteiger partial charge in [0.25, 0.3) is 0 Å². The van der Waals surface area contributed by atoms with Gasteiger partial charge in [-0.15, -0.1) is 0 Å². The smallest absolute Gasteiger partial charge is 0.187 e. The summed E-state index contributed by atoms with van der Waals surface area (Å²) in [5.41, 5.74) is 9.98. The van der Waals surface area contributed by atoms with Crippen molar-refractivity contribution in [3.8, 4) is 0 Å². The summed E-state index contributed by atoms with van der Waals surface area (Å²) in [4.78, 5) is 29.8. The topological polar surface area (TPSA) is 84.2 Å². The molecule has 0 radical (unpaired) electrons. The quantitative estimate of drug-likeness (QED) is 0.279. The van der Waals surface area contributed by atoms with E-state index in [0.29, 0.717) is 24.5 Å². The molecule has 0 saturated carbocycles. The average molecular weight is 609 g/mol. The normalized spacial score (nSPS) is 16.7. The van der Waals surface area contributed by atoms with Crippen molar-refractivity contribution in [2.75, 3.05) is 62.4 Å². The van der Waals surface area contributed by atoms with Crippen LogP contribution in [0.2, 0.25) is 0 Å². The Balaban J connectivity index is 0.000000147. The molecular weight excluding hydrogens is 576 g/mol. The second-order valence-electron chi connectivity index (χ2n) is 11.2. The molecule has 4 aliphatic rings. The molecule has 0 N–H and O–H groups in total. The van der Waals surface area contributed by atoms with E-state index in [1.165, 1.54) is 0 Å². The van der Waals surface area contributed by atoms with E-state index in [4.69, 9.17) is 22.6 Å². The molecule has 2 fully saturated rings. The van der Waals surface area contributed by atoms with Crippen molar-refractivity contribution < 1.29 is 9.47 Å². The number of hydrogen-bond acceptors (Lipinski definition) is 8. The van der Waals surface area contributed by atoms with Crippen molar-refractivity contribution >= 4 is 34.4 Å². The summed E-state index contributed by atoms with van der Waals surface area (Å²) in [6.45, 7) is 22.0. The van der Waals surface area contributed by atoms with E-state index in [9.17, 15) is 0 Å². The minimum absolute atomic E-state index is 0.642. The highest BCUT2D eigenvalue weighted by atomic mass is 16.5. The lowest BCUT2D eigenvalue weighted by Crippen LogP contribution is -2.36. The standard InChI is InChI=1S/2C18H16N4O/c2*1-19-15-2-3-16-14(10-15)12-21-18(16)13-4-5-20-17(11-13)22-6-8-23-9-7-22/h2*2-5,10-11H,6-9,12H2. The summed E-state index contributed by atoms with van der Waals surface area (Å²) in [6.07, 6.45) is 3.68. The SMILES string of the molecule is [C-]#[N+]c1ccc2c(c1)CN=C2c1ccnc(N2CCOCC2)c1.[C-]#[N+]c1ccc2c(c1)CN=C2c1ccnc(N2CCOCC2)c1. The number of aromatic nitrogens is 2. The third-order valence-electron chi connectivity index (χ3n) is 8.47. The van der Waals surface area contributed by atoms with Gasteiger partial charge in [-0.2, -0.15) is 0 Å². The molecule has 10 nitrogen and oxygen atoms in total. The van der Waals surface area contributed by atoms with Gasteiger partial charge in [0.15, 0.2) is 11.4 Å². The number of anilines is 2. The molecule has 0 amide bonds. The number of morpholine rings is 2. The highest BCUT2D eigenvalue weighted by Gasteiger charge is 2.21. The van der Waals surface area contributed by atoms with E-state index in [0.717, 1.165) is 109 Å². The van der Waals surface area contributed by atoms with Gasteiger partial charge in [-0.3, -0.25) is 9.98 Å². The van der Waals surface area contributed by atoms with Crippen LogP contribution >= 0.6 is 0 Å². The first kappa shape index (κ1) is 29.3. The minimum atomic E-state index is 0.642. The fourth-order valence-electron chi connectivity index (χ4n) is 6.08. The summed E-state index contributed by atoms with van der Waals surface area (Å²) >= 11 is 0. The molecule has 6 heterocycles. The molecule has 2 aromatic heterocycles. The molecule has 0 atom stereocenters. The Morgan fingerprint density at radius 2 is 1.00 bits per heavy atom. The number of nitrogens with zero attached hydrogens (tertiary/aromatic N) is 8. The van der Waals surface area contributed by atoms with Crippen molar-refractivity contribution in [2.45, 2.75) is 13.1 Å². The molecule has 0 bridgehead atoms. The highest BCUT2D eigenvalue weighted by Crippen LogP contribution is 2.29. The molecule has 0 unspecified atom stereocenters. The number of fused-ring (bicyclic) bond motifs is 2. The molecule has 10 heteroatoms. The summed E-state index contributed by atoms with van der Waals surface area (Å²) < 4.78 is 10.8. The Kier molecular flexibility index (Phi) is 8.46. The Hall–Kier alpha value is -5.42. The van der Waals surface area contributed by atoms with Gasteiger partial charge >= 0.3 is 0 Å². The van der Waals surface area contributed by atoms with Crippen LogP contribution in [0.4, 0.5) is 23.0 Å². The van der Waals surface area contributed by atoms with E-state index in [1.807, 2.05) is 60.9 Å². The van der Waals surface area contributed by atoms with Gasteiger partial charge in [-0.25, -0.2) is 19.7 Å². The number of ether oxygens (including phenoxy) is 2. The molecular formula is C36H32N8O2. The molecule has 0 aliphatic carbocycles. The minimum Gasteiger partial charge on any atom is -0.378 e. The maximum Gasteiger partial charge on any atom is 0.187 e. The molecule has 2 aromatic carbocycles. The van der Waals surface area contributed by atoms with E-state index >= 15 is 0 Å². The van der Waals surface area contributed by atoms with Crippen molar-refractivity contribution in [2.24, 2.45) is 9.98 Å². The zero-order chi connectivity index (χ0) is 31.3. The van der Waals surface area contributed by atoms with Crippen LogP contribution in [0.5, 0.6) is 0 Å². The lowest BCUT2D eigenvalue weighted by molar-refractivity contribution is 0.122. The van der Waals surface area contributed by atoms with E-state index in [-0.39, 0.29) is 0 Å². The first-order valence-corrected chi connectivity index (χ1v) is 15.4. The predicted octanol–water partition coefficient (Wildman–Crippen LogP) is 5.64. The summed E-state index contributed by atoms with van der Waals surface area (Å²) in [5, 5.41) is 0. The number of pyridine rings is 2. The molecule has 4 aromatic rings. The van der Waals surface area contributed by atoms with Crippen molar-refractivity contribution in [1.82, 2.24) is 9.97 Å². The molecule has 0 spiro atoms. The van der Waals surface area contributed by atoms with Gasteiger partial charge in [-0.05, 0) is 35.4 Å². The lowest BCUT2D eigenvalue weighted by atomic mass is 10.0. The zero-order valence-corrected chi connectivity index (χ0v) is 25.4. The highest BCUT2D eigenvalue weighted by molar-refractivity contribution is 6.16. The maximum absolute atomic E-state index is 7.13. The molecule has 228 valence electrons. The van der Waals surface area contributed by atoms with Gasteiger partial charge < -0.3 is 19.3 Å². The van der Waals surface area contributed by atoms with Crippen LogP contribution in [-0.2, 0) is 22.6 Å². The number of aliphatic imine (C=N–C) groups is 2. The third-order valence-corrected chi connectivity index (χ3v) is 8.47. The first-order chi connectivity index (χ1) is 22.7. The monoisotopic (exact) mass is 608 g/mol. The van der Waals surface area contributed by atoms with Crippen LogP contribution in [0, 0.1) is 13.1 Å². The third kappa shape index (κ3) is 6.09. The molecule has 8 rings (SSSR count). The fourth-order valence-corrected chi connectivity index (χ4v) is 6.08. The first-order valence-electron chi connectivity index (χ1n) is 15.4. The largest absolute Gasteiger partial charge is 0.378 e. The average Bonchev–Trinajstić information content (AvgIpc) is 3.77. The van der Waals surface area contributed by atoms with E-state index < -0.39 is 0 Å². The van der Waals surface area contributed by atoms with Crippen LogP contribution in [-0.4, -0.2) is 74.0 Å². The van der Waals surface area contributed by atoms with Gasteiger partial charge in [0.1, 0.15) is 11.6 Å². The van der Waals surface area contributed by atoms with Gasteiger partial charge in [-0.1, -0.05) is 36.4 Å². The van der Waals surface area contributed by atoms with Crippen molar-refractivity contribution in [3.05, 3.63) is 129 Å². The van der Waals surface area contributed by atoms with Gasteiger partial charge in [0.2, 0.25) is 0 Å². The molecule has 46 heavy (non-hydrogen) atoms. The predicted molar refractivity (Wildman–Crippen MR) is 179 cm³/mol. The Bertz CT molecular complexity index is 1770. The van der Waals surface area contributed by atoms with Crippen LogP contribution in [0.3, 0.4) is 0 Å². The second-order valence-corrected chi connectivity index (χ2v) is 11.2. The Labute approximate surface area is 268 Å². The molecule has 4 aliphatic heterocycles. The fraction of sp³-hybridized carbons (Fsp3) is 0.278. The summed E-state index contributed by atoms with van der Waals surface area (Å²) in [5.74, 6) is 1.94. The van der Waals surface area contributed by atoms with Crippen LogP contribution < -0.4 is 9.80 Å².